The lowest BCUT2D eigenvalue weighted by atomic mass is 10.1. The Morgan fingerprint density at radius 2 is 2.00 bits per heavy atom. The largest absolute Gasteiger partial charge is 0.497 e. The van der Waals surface area contributed by atoms with E-state index in [0.29, 0.717) is 23.7 Å². The van der Waals surface area contributed by atoms with Crippen LogP contribution in [0, 0.1) is 6.92 Å². The van der Waals surface area contributed by atoms with Crippen LogP contribution in [0.3, 0.4) is 0 Å². The minimum Gasteiger partial charge on any atom is -0.497 e. The highest BCUT2D eigenvalue weighted by atomic mass is 32.2. The van der Waals surface area contributed by atoms with Gasteiger partial charge in [-0.1, -0.05) is 29.8 Å². The van der Waals surface area contributed by atoms with Gasteiger partial charge in [-0.05, 0) is 36.8 Å². The molecule has 0 aliphatic carbocycles. The molecule has 0 saturated carbocycles. The van der Waals surface area contributed by atoms with Crippen molar-refractivity contribution < 1.29 is 14.3 Å². The fourth-order valence-corrected chi connectivity index (χ4v) is 4.08. The first kappa shape index (κ1) is 18.3. The monoisotopic (exact) mass is 370 g/mol. The van der Waals surface area contributed by atoms with E-state index in [0.717, 1.165) is 16.9 Å². The van der Waals surface area contributed by atoms with Gasteiger partial charge in [-0.2, -0.15) is 0 Å². The van der Waals surface area contributed by atoms with E-state index in [1.807, 2.05) is 31.2 Å². The number of nitrogens with one attached hydrogen (secondary N) is 1. The molecule has 1 fully saturated rings. The maximum absolute atomic E-state index is 12.7. The number of methoxy groups -OCH3 is 1. The number of anilines is 1. The van der Waals surface area contributed by atoms with Crippen molar-refractivity contribution in [3.63, 3.8) is 0 Å². The Morgan fingerprint density at radius 3 is 2.69 bits per heavy atom. The quantitative estimate of drug-likeness (QED) is 0.879. The van der Waals surface area contributed by atoms with Crippen LogP contribution in [0.2, 0.25) is 0 Å². The second-order valence-electron chi connectivity index (χ2n) is 6.26. The third-order valence-corrected chi connectivity index (χ3v) is 5.31. The van der Waals surface area contributed by atoms with Crippen molar-refractivity contribution >= 4 is 29.3 Å². The molecule has 1 heterocycles. The molecule has 0 aromatic heterocycles. The molecule has 0 spiro atoms. The highest BCUT2D eigenvalue weighted by Gasteiger charge is 2.34. The molecule has 136 valence electrons. The Morgan fingerprint density at radius 1 is 1.23 bits per heavy atom. The number of hydrogen-bond acceptors (Lipinski definition) is 4. The van der Waals surface area contributed by atoms with Crippen molar-refractivity contribution in [1.29, 1.82) is 0 Å². The Labute approximate surface area is 157 Å². The molecular formula is C20H22N2O3S. The Kier molecular flexibility index (Phi) is 5.83. The number of ether oxygens (including phenoxy) is 1. The molecule has 2 aromatic rings. The second-order valence-corrected chi connectivity index (χ2v) is 7.26. The Hall–Kier alpha value is -2.47. The van der Waals surface area contributed by atoms with Crippen LogP contribution < -0.4 is 10.1 Å². The third kappa shape index (κ3) is 4.38. The highest BCUT2D eigenvalue weighted by molar-refractivity contribution is 7.99. The van der Waals surface area contributed by atoms with Crippen molar-refractivity contribution in [3.05, 3.63) is 59.7 Å². The zero-order valence-corrected chi connectivity index (χ0v) is 15.7. The molecule has 0 unspecified atom stereocenters. The zero-order valence-electron chi connectivity index (χ0n) is 14.9. The summed E-state index contributed by atoms with van der Waals surface area (Å²) in [4.78, 5) is 27.0. The van der Waals surface area contributed by atoms with Crippen LogP contribution in [0.4, 0.5) is 5.69 Å². The number of thioether (sulfide) groups is 1. The van der Waals surface area contributed by atoms with Gasteiger partial charge in [0.05, 0.1) is 19.4 Å². The summed E-state index contributed by atoms with van der Waals surface area (Å²) < 4.78 is 5.12. The van der Waals surface area contributed by atoms with Gasteiger partial charge in [0.25, 0.3) is 0 Å². The molecule has 2 aromatic carbocycles. The van der Waals surface area contributed by atoms with Crippen molar-refractivity contribution in [2.45, 2.75) is 19.4 Å². The summed E-state index contributed by atoms with van der Waals surface area (Å²) in [6.45, 7) is 2.00. The van der Waals surface area contributed by atoms with Crippen LogP contribution in [0.5, 0.6) is 5.75 Å². The summed E-state index contributed by atoms with van der Waals surface area (Å²) >= 11 is 1.60. The first-order chi connectivity index (χ1) is 12.6. The first-order valence-corrected chi connectivity index (χ1v) is 9.60. The number of aryl methyl sites for hydroxylation is 1. The van der Waals surface area contributed by atoms with E-state index >= 15 is 0 Å². The number of carbonyl (C=O) groups is 2. The predicted molar refractivity (Wildman–Crippen MR) is 104 cm³/mol. The molecule has 1 atom stereocenters. The predicted octanol–water partition coefficient (Wildman–Crippen LogP) is 3.09. The topological polar surface area (TPSA) is 58.6 Å². The van der Waals surface area contributed by atoms with Crippen LogP contribution in [0.1, 0.15) is 11.1 Å². The van der Waals surface area contributed by atoms with E-state index in [9.17, 15) is 9.59 Å². The standard InChI is InChI=1S/C20H22N2O3S/c1-14-4-3-5-15(10-14)11-19(23)22-13-26-12-18(22)20(24)21-16-6-8-17(25-2)9-7-16/h3-10,18H,11-13H2,1-2H3,(H,21,24)/t18-/m1/s1. The Bertz CT molecular complexity index is 792. The van der Waals surface area contributed by atoms with Crippen LogP contribution in [-0.2, 0) is 16.0 Å². The van der Waals surface area contributed by atoms with Crippen molar-refractivity contribution in [2.75, 3.05) is 24.1 Å². The van der Waals surface area contributed by atoms with Gasteiger partial charge in [-0.15, -0.1) is 11.8 Å². The number of rotatable bonds is 5. The van der Waals surface area contributed by atoms with Gasteiger partial charge in [-0.3, -0.25) is 9.59 Å². The molecule has 5 nitrogen and oxygen atoms in total. The van der Waals surface area contributed by atoms with E-state index in [1.54, 1.807) is 48.0 Å². The second kappa shape index (κ2) is 8.27. The summed E-state index contributed by atoms with van der Waals surface area (Å²) in [5.41, 5.74) is 2.79. The summed E-state index contributed by atoms with van der Waals surface area (Å²) in [6, 6.07) is 14.6. The van der Waals surface area contributed by atoms with Crippen LogP contribution in [0.25, 0.3) is 0 Å². The summed E-state index contributed by atoms with van der Waals surface area (Å²) in [7, 11) is 1.60. The lowest BCUT2D eigenvalue weighted by molar-refractivity contribution is -0.135. The van der Waals surface area contributed by atoms with Crippen molar-refractivity contribution in [3.8, 4) is 5.75 Å². The number of hydrogen-bond donors (Lipinski definition) is 1. The van der Waals surface area contributed by atoms with Gasteiger partial charge in [0.15, 0.2) is 0 Å². The highest BCUT2D eigenvalue weighted by Crippen LogP contribution is 2.24. The molecule has 1 aliphatic heterocycles. The van der Waals surface area contributed by atoms with E-state index < -0.39 is 6.04 Å². The average molecular weight is 370 g/mol. The van der Waals surface area contributed by atoms with Crippen molar-refractivity contribution in [1.82, 2.24) is 4.90 Å². The maximum atomic E-state index is 12.7. The number of nitrogens with zero attached hydrogens (tertiary/aromatic N) is 1. The van der Waals surface area contributed by atoms with Gasteiger partial charge >= 0.3 is 0 Å². The number of carbonyl (C=O) groups excluding carboxylic acids is 2. The van der Waals surface area contributed by atoms with Gasteiger partial charge < -0.3 is 15.0 Å². The van der Waals surface area contributed by atoms with Gasteiger partial charge in [0.2, 0.25) is 11.8 Å². The molecule has 2 amide bonds. The minimum atomic E-state index is -0.445. The molecule has 26 heavy (non-hydrogen) atoms. The van der Waals surface area contributed by atoms with Crippen LogP contribution in [0.15, 0.2) is 48.5 Å². The average Bonchev–Trinajstić information content (AvgIpc) is 3.12. The molecule has 6 heteroatoms. The van der Waals surface area contributed by atoms with E-state index in [-0.39, 0.29) is 11.8 Å². The molecule has 1 saturated heterocycles. The van der Waals surface area contributed by atoms with E-state index in [2.05, 4.69) is 5.32 Å². The van der Waals surface area contributed by atoms with Gasteiger partial charge in [-0.25, -0.2) is 0 Å². The molecule has 1 aliphatic rings. The zero-order chi connectivity index (χ0) is 18.5. The fraction of sp³-hybridized carbons (Fsp3) is 0.300. The molecule has 3 rings (SSSR count). The summed E-state index contributed by atoms with van der Waals surface area (Å²) in [5, 5.41) is 2.89. The molecule has 0 bridgehead atoms. The smallest absolute Gasteiger partial charge is 0.248 e. The molecule has 1 N–H and O–H groups in total. The van der Waals surface area contributed by atoms with E-state index in [4.69, 9.17) is 4.74 Å². The first-order valence-electron chi connectivity index (χ1n) is 8.44. The Balaban J connectivity index is 1.64. The minimum absolute atomic E-state index is 0.0181. The maximum Gasteiger partial charge on any atom is 0.248 e. The molecular weight excluding hydrogens is 348 g/mol. The number of amides is 2. The summed E-state index contributed by atoms with van der Waals surface area (Å²) in [6.07, 6.45) is 0.314. The van der Waals surface area contributed by atoms with E-state index in [1.165, 1.54) is 0 Å². The lowest BCUT2D eigenvalue weighted by Gasteiger charge is -2.23. The lowest BCUT2D eigenvalue weighted by Crippen LogP contribution is -2.45. The van der Waals surface area contributed by atoms with Crippen LogP contribution in [-0.4, -0.2) is 41.5 Å². The summed E-state index contributed by atoms with van der Waals surface area (Å²) in [5.74, 6) is 1.72. The normalized spacial score (nSPS) is 16.4. The number of benzene rings is 2. The van der Waals surface area contributed by atoms with Gasteiger partial charge in [0.1, 0.15) is 11.8 Å². The van der Waals surface area contributed by atoms with Gasteiger partial charge in [0, 0.05) is 11.4 Å². The molecule has 0 radical (unpaired) electrons. The fourth-order valence-electron chi connectivity index (χ4n) is 2.90. The SMILES string of the molecule is COc1ccc(NC(=O)[C@H]2CSCN2C(=O)Cc2cccc(C)c2)cc1. The van der Waals surface area contributed by atoms with Crippen molar-refractivity contribution in [2.24, 2.45) is 0 Å². The van der Waals surface area contributed by atoms with Crippen LogP contribution >= 0.6 is 11.8 Å². The third-order valence-electron chi connectivity index (χ3n) is 4.30.